The number of benzene rings is 1. The summed E-state index contributed by atoms with van der Waals surface area (Å²) in [5.41, 5.74) is 5.45. The highest BCUT2D eigenvalue weighted by Crippen LogP contribution is 2.39. The first kappa shape index (κ1) is 10.6. The third kappa shape index (κ3) is 1.87. The molecule has 0 saturated heterocycles. The average molecular weight is 225 g/mol. The van der Waals surface area contributed by atoms with Crippen LogP contribution in [0.15, 0.2) is 18.2 Å². The third-order valence-electron chi connectivity index (χ3n) is 2.20. The molecule has 1 atom stereocenters. The Labute approximate surface area is 91.5 Å². The molecule has 0 radical (unpaired) electrons. The molecule has 0 fully saturated rings. The van der Waals surface area contributed by atoms with E-state index in [1.807, 2.05) is 0 Å². The van der Waals surface area contributed by atoms with Crippen LogP contribution >= 0.6 is 0 Å². The molecule has 0 spiro atoms. The lowest BCUT2D eigenvalue weighted by atomic mass is 10.1. The van der Waals surface area contributed by atoms with Gasteiger partial charge in [0.2, 0.25) is 6.79 Å². The molecule has 1 heterocycles. The van der Waals surface area contributed by atoms with Gasteiger partial charge < -0.3 is 25.1 Å². The second kappa shape index (κ2) is 4.28. The number of hydrogen-bond donors (Lipinski definition) is 2. The van der Waals surface area contributed by atoms with Crippen molar-refractivity contribution in [3.05, 3.63) is 23.8 Å². The molecule has 6 nitrogen and oxygen atoms in total. The fourth-order valence-corrected chi connectivity index (χ4v) is 1.55. The number of aliphatic hydroxyl groups excluding tert-OH is 1. The van der Waals surface area contributed by atoms with Gasteiger partial charge >= 0.3 is 6.09 Å². The Morgan fingerprint density at radius 1 is 1.56 bits per heavy atom. The van der Waals surface area contributed by atoms with E-state index in [2.05, 4.69) is 0 Å². The minimum Gasteiger partial charge on any atom is -0.454 e. The molecule has 1 amide bonds. The molecule has 1 aromatic rings. The summed E-state index contributed by atoms with van der Waals surface area (Å²) in [5, 5.41) is 9.13. The van der Waals surface area contributed by atoms with Gasteiger partial charge in [-0.25, -0.2) is 4.79 Å². The van der Waals surface area contributed by atoms with Gasteiger partial charge in [-0.3, -0.25) is 0 Å². The lowest BCUT2D eigenvalue weighted by Gasteiger charge is -2.15. The Bertz CT molecular complexity index is 406. The van der Waals surface area contributed by atoms with Crippen molar-refractivity contribution in [3.63, 3.8) is 0 Å². The molecule has 2 rings (SSSR count). The lowest BCUT2D eigenvalue weighted by molar-refractivity contribution is 0.0613. The molecule has 1 aliphatic rings. The smallest absolute Gasteiger partial charge is 0.405 e. The monoisotopic (exact) mass is 225 g/mol. The average Bonchev–Trinajstić information content (AvgIpc) is 2.73. The van der Waals surface area contributed by atoms with Crippen molar-refractivity contribution in [2.75, 3.05) is 13.4 Å². The zero-order valence-corrected chi connectivity index (χ0v) is 8.38. The molecule has 6 heteroatoms. The van der Waals surface area contributed by atoms with E-state index in [0.717, 1.165) is 0 Å². The van der Waals surface area contributed by atoms with Gasteiger partial charge in [-0.05, 0) is 6.07 Å². The van der Waals surface area contributed by atoms with Gasteiger partial charge in [-0.1, -0.05) is 12.1 Å². The predicted octanol–water partition coefficient (Wildman–Crippen LogP) is 0.544. The number of hydrogen-bond acceptors (Lipinski definition) is 5. The van der Waals surface area contributed by atoms with Gasteiger partial charge in [-0.2, -0.15) is 0 Å². The Morgan fingerprint density at radius 2 is 2.38 bits per heavy atom. The van der Waals surface area contributed by atoms with E-state index < -0.39 is 12.2 Å². The molecular weight excluding hydrogens is 214 g/mol. The molecule has 0 bridgehead atoms. The second-order valence-electron chi connectivity index (χ2n) is 3.19. The standard InChI is InChI=1S/C10H11NO5/c11-10(13)16-8(4-12)6-2-1-3-7-9(6)15-5-14-7/h1-3,8,12H,4-5H2,(H2,11,13). The number of para-hydroxylation sites is 1. The number of carbonyl (C=O) groups excluding carboxylic acids is 1. The fourth-order valence-electron chi connectivity index (χ4n) is 1.55. The van der Waals surface area contributed by atoms with Crippen LogP contribution in [0.25, 0.3) is 0 Å². The number of amides is 1. The second-order valence-corrected chi connectivity index (χ2v) is 3.19. The number of nitrogens with two attached hydrogens (primary N) is 1. The number of primary amides is 1. The maximum Gasteiger partial charge on any atom is 0.405 e. The van der Waals surface area contributed by atoms with E-state index in [1.165, 1.54) is 0 Å². The maximum atomic E-state index is 10.7. The summed E-state index contributed by atoms with van der Waals surface area (Å²) in [6.07, 6.45) is -1.79. The van der Waals surface area contributed by atoms with Crippen LogP contribution < -0.4 is 15.2 Å². The SMILES string of the molecule is NC(=O)OC(CO)c1cccc2c1OCO2. The third-order valence-corrected chi connectivity index (χ3v) is 2.20. The van der Waals surface area contributed by atoms with Crippen LogP contribution in [0.2, 0.25) is 0 Å². The van der Waals surface area contributed by atoms with Gasteiger partial charge in [0.05, 0.1) is 6.61 Å². The number of carbonyl (C=O) groups is 1. The van der Waals surface area contributed by atoms with Crippen LogP contribution in [0.1, 0.15) is 11.7 Å². The zero-order valence-electron chi connectivity index (χ0n) is 8.38. The van der Waals surface area contributed by atoms with Crippen molar-refractivity contribution in [1.82, 2.24) is 0 Å². The van der Waals surface area contributed by atoms with Crippen molar-refractivity contribution < 1.29 is 24.1 Å². The van der Waals surface area contributed by atoms with Crippen LogP contribution in [-0.2, 0) is 4.74 Å². The molecule has 3 N–H and O–H groups in total. The van der Waals surface area contributed by atoms with Crippen LogP contribution in [0.3, 0.4) is 0 Å². The summed E-state index contributed by atoms with van der Waals surface area (Å²) in [7, 11) is 0. The molecular formula is C10H11NO5. The number of rotatable bonds is 3. The van der Waals surface area contributed by atoms with E-state index in [-0.39, 0.29) is 13.4 Å². The lowest BCUT2D eigenvalue weighted by Crippen LogP contribution is -2.20. The van der Waals surface area contributed by atoms with Gasteiger partial charge in [0.15, 0.2) is 17.6 Å². The minimum absolute atomic E-state index is 0.112. The van der Waals surface area contributed by atoms with E-state index in [1.54, 1.807) is 18.2 Å². The fraction of sp³-hybridized carbons (Fsp3) is 0.300. The van der Waals surface area contributed by atoms with Crippen molar-refractivity contribution in [1.29, 1.82) is 0 Å². The summed E-state index contributed by atoms with van der Waals surface area (Å²) < 4.78 is 15.2. The summed E-state index contributed by atoms with van der Waals surface area (Å²) in [4.78, 5) is 10.7. The van der Waals surface area contributed by atoms with Crippen molar-refractivity contribution >= 4 is 6.09 Å². The van der Waals surface area contributed by atoms with E-state index in [0.29, 0.717) is 17.1 Å². The summed E-state index contributed by atoms with van der Waals surface area (Å²) in [5.74, 6) is 1.03. The minimum atomic E-state index is -0.949. The Hall–Kier alpha value is -1.95. The predicted molar refractivity (Wildman–Crippen MR) is 53.1 cm³/mol. The normalized spacial score (nSPS) is 14.6. The Kier molecular flexibility index (Phi) is 2.82. The molecule has 86 valence electrons. The molecule has 0 aliphatic carbocycles. The first-order valence-electron chi connectivity index (χ1n) is 4.68. The molecule has 1 unspecified atom stereocenters. The Morgan fingerprint density at radius 3 is 3.06 bits per heavy atom. The highest BCUT2D eigenvalue weighted by atomic mass is 16.7. The van der Waals surface area contributed by atoms with Gasteiger partial charge in [-0.15, -0.1) is 0 Å². The summed E-state index contributed by atoms with van der Waals surface area (Å²) in [6.45, 7) is -0.260. The number of aliphatic hydroxyl groups is 1. The van der Waals surface area contributed by atoms with Gasteiger partial charge in [0.25, 0.3) is 0 Å². The van der Waals surface area contributed by atoms with Crippen LogP contribution in [0.5, 0.6) is 11.5 Å². The topological polar surface area (TPSA) is 91.0 Å². The first-order chi connectivity index (χ1) is 7.72. The molecule has 1 aliphatic heterocycles. The molecule has 16 heavy (non-hydrogen) atoms. The van der Waals surface area contributed by atoms with E-state index in [9.17, 15) is 4.79 Å². The van der Waals surface area contributed by atoms with Gasteiger partial charge in [0.1, 0.15) is 0 Å². The highest BCUT2D eigenvalue weighted by molar-refractivity contribution is 5.65. The van der Waals surface area contributed by atoms with E-state index in [4.69, 9.17) is 25.1 Å². The quantitative estimate of drug-likeness (QED) is 0.783. The summed E-state index contributed by atoms with van der Waals surface area (Å²) in [6, 6.07) is 5.12. The first-order valence-corrected chi connectivity index (χ1v) is 4.68. The van der Waals surface area contributed by atoms with Crippen molar-refractivity contribution in [2.45, 2.75) is 6.10 Å². The van der Waals surface area contributed by atoms with Crippen LogP contribution in [0, 0.1) is 0 Å². The largest absolute Gasteiger partial charge is 0.454 e. The van der Waals surface area contributed by atoms with Crippen LogP contribution in [-0.4, -0.2) is 24.6 Å². The number of fused-ring (bicyclic) bond motifs is 1. The zero-order chi connectivity index (χ0) is 11.5. The Balaban J connectivity index is 2.31. The molecule has 0 aromatic heterocycles. The van der Waals surface area contributed by atoms with Crippen molar-refractivity contribution in [2.24, 2.45) is 5.73 Å². The molecule has 1 aromatic carbocycles. The van der Waals surface area contributed by atoms with Gasteiger partial charge in [0, 0.05) is 5.56 Å². The highest BCUT2D eigenvalue weighted by Gasteiger charge is 2.24. The van der Waals surface area contributed by atoms with Crippen LogP contribution in [0.4, 0.5) is 4.79 Å². The van der Waals surface area contributed by atoms with Crippen molar-refractivity contribution in [3.8, 4) is 11.5 Å². The maximum absolute atomic E-state index is 10.7. The number of ether oxygens (including phenoxy) is 3. The summed E-state index contributed by atoms with van der Waals surface area (Å²) >= 11 is 0. The molecule has 0 saturated carbocycles. The van der Waals surface area contributed by atoms with E-state index >= 15 is 0 Å².